The van der Waals surface area contributed by atoms with Gasteiger partial charge in [-0.05, 0) is 98.5 Å². The van der Waals surface area contributed by atoms with Crippen LogP contribution in [0.15, 0.2) is 48.5 Å². The van der Waals surface area contributed by atoms with Crippen LogP contribution >= 0.6 is 22.6 Å². The van der Waals surface area contributed by atoms with Gasteiger partial charge in [0.25, 0.3) is 11.8 Å². The highest BCUT2D eigenvalue weighted by molar-refractivity contribution is 14.1. The Morgan fingerprint density at radius 1 is 1.11 bits per heavy atom. The van der Waals surface area contributed by atoms with Crippen LogP contribution in [0.5, 0.6) is 0 Å². The number of carbonyl (C=O) groups excluding carboxylic acids is 3. The molecule has 1 atom stereocenters. The summed E-state index contributed by atoms with van der Waals surface area (Å²) in [6.07, 6.45) is 4.36. The zero-order chi connectivity index (χ0) is 27.1. The van der Waals surface area contributed by atoms with Crippen LogP contribution in [0.2, 0.25) is 0 Å². The molecule has 9 heteroatoms. The maximum atomic E-state index is 12.4. The van der Waals surface area contributed by atoms with Crippen molar-refractivity contribution in [2.45, 2.75) is 39.3 Å². The minimum absolute atomic E-state index is 0.193. The van der Waals surface area contributed by atoms with E-state index < -0.39 is 29.6 Å². The number of benzene rings is 2. The van der Waals surface area contributed by atoms with Gasteiger partial charge in [0.1, 0.15) is 11.6 Å². The molecule has 0 saturated carbocycles. The topological polar surface area (TPSA) is 106 Å². The Hall–Kier alpha value is -3.54. The Morgan fingerprint density at radius 2 is 1.78 bits per heavy atom. The predicted molar refractivity (Wildman–Crippen MR) is 147 cm³/mol. The van der Waals surface area contributed by atoms with Gasteiger partial charge in [-0.25, -0.2) is 10.3 Å². The number of carbonyl (C=O) groups is 3. The van der Waals surface area contributed by atoms with Crippen LogP contribution in [0, 0.1) is 34.7 Å². The van der Waals surface area contributed by atoms with Gasteiger partial charge in [-0.2, -0.15) is 0 Å². The largest absolute Gasteiger partial charge is 0.444 e. The van der Waals surface area contributed by atoms with Crippen LogP contribution in [-0.2, 0) is 14.4 Å². The molecule has 3 N–H and O–H groups in total. The highest BCUT2D eigenvalue weighted by Gasteiger charge is 2.24. The van der Waals surface area contributed by atoms with Gasteiger partial charge in [0.15, 0.2) is 0 Å². The van der Waals surface area contributed by atoms with E-state index in [-0.39, 0.29) is 6.54 Å². The first kappa shape index (κ1) is 30.5. The number of aryl methyl sites for hydroxylation is 1. The summed E-state index contributed by atoms with van der Waals surface area (Å²) >= 11 is 2.31. The normalized spacial score (nSPS) is 10.7. The van der Waals surface area contributed by atoms with Gasteiger partial charge in [-0.15, -0.1) is 6.42 Å². The summed E-state index contributed by atoms with van der Waals surface area (Å²) in [6.45, 7) is 7.03. The lowest BCUT2D eigenvalue weighted by Crippen LogP contribution is -2.52. The summed E-state index contributed by atoms with van der Waals surface area (Å²) in [5.74, 6) is 6.25. The first-order valence-corrected chi connectivity index (χ1v) is 11.9. The maximum absolute atomic E-state index is 12.4. The molecule has 2 aromatic carbocycles. The van der Waals surface area contributed by atoms with Crippen molar-refractivity contribution in [2.75, 3.05) is 13.7 Å². The molecule has 0 aliphatic carbocycles. The number of hydrogen-bond donors (Lipinski definition) is 3. The van der Waals surface area contributed by atoms with Gasteiger partial charge in [0, 0.05) is 14.7 Å². The molecule has 36 heavy (non-hydrogen) atoms. The number of hydrogen-bond acceptors (Lipinski definition) is 5. The molecule has 0 unspecified atom stereocenters. The summed E-state index contributed by atoms with van der Waals surface area (Å²) in [7, 11) is 1.26. The Labute approximate surface area is 226 Å². The van der Waals surface area contributed by atoms with Crippen LogP contribution in [0.4, 0.5) is 4.79 Å². The van der Waals surface area contributed by atoms with E-state index in [2.05, 4.69) is 92.5 Å². The monoisotopic (exact) mass is 603 g/mol. The summed E-state index contributed by atoms with van der Waals surface area (Å²) in [6, 6.07) is 13.7. The third kappa shape index (κ3) is 12.8. The van der Waals surface area contributed by atoms with Gasteiger partial charge >= 0.3 is 6.09 Å². The molecular weight excluding hydrogens is 573 g/mol. The third-order valence-corrected chi connectivity index (χ3v) is 4.75. The van der Waals surface area contributed by atoms with Crippen LogP contribution in [0.25, 0.3) is 0 Å². The molecule has 0 aliphatic heterocycles. The third-order valence-electron chi connectivity index (χ3n) is 4.08. The molecule has 190 valence electrons. The molecule has 0 bridgehead atoms. The van der Waals surface area contributed by atoms with E-state index in [9.17, 15) is 14.4 Å². The molecule has 0 fully saturated rings. The van der Waals surface area contributed by atoms with E-state index >= 15 is 0 Å². The Morgan fingerprint density at radius 3 is 2.28 bits per heavy atom. The van der Waals surface area contributed by atoms with Gasteiger partial charge in [0.05, 0.1) is 13.7 Å². The molecule has 0 heterocycles. The number of amides is 3. The van der Waals surface area contributed by atoms with Gasteiger partial charge in [-0.3, -0.25) is 14.4 Å². The summed E-state index contributed by atoms with van der Waals surface area (Å²) < 4.78 is 6.42. The molecule has 8 nitrogen and oxygen atoms in total. The zero-order valence-corrected chi connectivity index (χ0v) is 23.1. The smallest absolute Gasteiger partial charge is 0.407 e. The average molecular weight is 603 g/mol. The maximum Gasteiger partial charge on any atom is 0.407 e. The minimum atomic E-state index is -1.08. The molecule has 3 amide bonds. The molecule has 2 rings (SSSR count). The van der Waals surface area contributed by atoms with E-state index in [0.717, 1.165) is 0 Å². The van der Waals surface area contributed by atoms with Crippen molar-refractivity contribution in [1.82, 2.24) is 16.1 Å². The molecule has 0 aliphatic rings. The molecule has 0 aromatic heterocycles. The van der Waals surface area contributed by atoms with Gasteiger partial charge < -0.3 is 15.4 Å². The molecular formula is C27H30IN3O5. The fourth-order valence-electron chi connectivity index (χ4n) is 2.54. The van der Waals surface area contributed by atoms with Crippen molar-refractivity contribution in [1.29, 1.82) is 0 Å². The number of terminal acetylenes is 1. The molecule has 2 aromatic rings. The Bertz CT molecular complexity index is 1120. The lowest BCUT2D eigenvalue weighted by molar-refractivity contribution is -0.133. The first-order chi connectivity index (χ1) is 16.9. The summed E-state index contributed by atoms with van der Waals surface area (Å²) in [5, 5.41) is 4.97. The molecule has 0 radical (unpaired) electrons. The lowest BCUT2D eigenvalue weighted by atomic mass is 10.1. The molecule has 0 saturated heterocycles. The molecule has 0 spiro atoms. The van der Waals surface area contributed by atoms with Crippen molar-refractivity contribution in [3.05, 3.63) is 68.8 Å². The quantitative estimate of drug-likeness (QED) is 0.266. The number of hydroxylamine groups is 1. The van der Waals surface area contributed by atoms with Gasteiger partial charge in [-0.1, -0.05) is 23.6 Å². The highest BCUT2D eigenvalue weighted by atomic mass is 127. The van der Waals surface area contributed by atoms with Crippen molar-refractivity contribution < 1.29 is 24.0 Å². The van der Waals surface area contributed by atoms with Crippen LogP contribution in [-0.4, -0.2) is 43.2 Å². The number of alkyl carbamates (subject to hydrolysis) is 1. The van der Waals surface area contributed by atoms with Crippen molar-refractivity contribution in [3.63, 3.8) is 0 Å². The van der Waals surface area contributed by atoms with E-state index in [1.165, 1.54) is 16.2 Å². The van der Waals surface area contributed by atoms with Crippen molar-refractivity contribution >= 4 is 40.5 Å². The number of ether oxygens (including phenoxy) is 1. The Kier molecular flexibility index (Phi) is 13.1. The minimum Gasteiger partial charge on any atom is -0.444 e. The van der Waals surface area contributed by atoms with Crippen molar-refractivity contribution in [3.8, 4) is 24.2 Å². The second-order valence-electron chi connectivity index (χ2n) is 8.35. The fraction of sp³-hybridized carbons (Fsp3) is 0.296. The lowest BCUT2D eigenvalue weighted by Gasteiger charge is -2.22. The summed E-state index contributed by atoms with van der Waals surface area (Å²) in [4.78, 5) is 40.9. The van der Waals surface area contributed by atoms with Crippen LogP contribution in [0.3, 0.4) is 0 Å². The van der Waals surface area contributed by atoms with Crippen molar-refractivity contribution in [2.24, 2.45) is 0 Å². The van der Waals surface area contributed by atoms with Crippen LogP contribution < -0.4 is 16.1 Å². The SMILES string of the molecule is C#CC#Cc1ccc(C(=O)N[C@@H](CNC(=O)OC(C)(C)C)C(=O)NOC)cc1.Cc1cccc(I)c1. The fourth-order valence-corrected chi connectivity index (χ4v) is 3.24. The average Bonchev–Trinajstić information content (AvgIpc) is 2.80. The van der Waals surface area contributed by atoms with E-state index in [0.29, 0.717) is 11.1 Å². The zero-order valence-electron chi connectivity index (χ0n) is 20.9. The highest BCUT2D eigenvalue weighted by Crippen LogP contribution is 2.07. The standard InChI is InChI=1S/C20H23N3O5.C7H7I/c1-6-7-8-14-9-11-15(12-10-14)17(24)22-16(18(25)23-27-5)13-21-19(26)28-20(2,3)4;1-6-3-2-4-7(8)5-6/h1,9-12,16H,13H2,2-5H3,(H,21,26)(H,22,24)(H,23,25);2-5H,1H3/t16-;/m0./s1. The Balaban J connectivity index is 0.000000681. The van der Waals surface area contributed by atoms with E-state index in [1.807, 2.05) is 0 Å². The second kappa shape index (κ2) is 15.5. The number of halogens is 1. The van der Waals surface area contributed by atoms with E-state index in [1.54, 1.807) is 45.0 Å². The second-order valence-corrected chi connectivity index (χ2v) is 9.60. The van der Waals surface area contributed by atoms with Gasteiger partial charge in [0.2, 0.25) is 0 Å². The first-order valence-electron chi connectivity index (χ1n) is 10.8. The predicted octanol–water partition coefficient (Wildman–Crippen LogP) is 3.57. The summed E-state index contributed by atoms with van der Waals surface area (Å²) in [5.41, 5.74) is 3.71. The number of rotatable bonds is 6. The number of nitrogens with one attached hydrogen (secondary N) is 3. The van der Waals surface area contributed by atoms with E-state index in [4.69, 9.17) is 11.2 Å². The van der Waals surface area contributed by atoms with Crippen LogP contribution in [0.1, 0.15) is 42.3 Å².